The smallest absolute Gasteiger partial charge is 0.140 e. The summed E-state index contributed by atoms with van der Waals surface area (Å²) in [4.78, 5) is 4.87. The van der Waals surface area contributed by atoms with Gasteiger partial charge >= 0.3 is 0 Å². The minimum atomic E-state index is 0.371. The van der Waals surface area contributed by atoms with Gasteiger partial charge in [0.1, 0.15) is 5.84 Å². The molecule has 2 N–H and O–H groups in total. The predicted molar refractivity (Wildman–Crippen MR) is 99.0 cm³/mol. The van der Waals surface area contributed by atoms with Gasteiger partial charge in [0, 0.05) is 28.4 Å². The quantitative estimate of drug-likeness (QED) is 0.700. The molecule has 0 fully saturated rings. The fraction of sp³-hybridized carbons (Fsp3) is 0.150. The van der Waals surface area contributed by atoms with Crippen LogP contribution in [0, 0.1) is 0 Å². The van der Waals surface area contributed by atoms with Gasteiger partial charge in [-0.3, -0.25) is 0 Å². The van der Waals surface area contributed by atoms with Crippen LogP contribution in [0.1, 0.15) is 19.4 Å². The summed E-state index contributed by atoms with van der Waals surface area (Å²) in [7, 11) is 0. The van der Waals surface area contributed by atoms with Crippen LogP contribution in [0.15, 0.2) is 65.7 Å². The fourth-order valence-electron chi connectivity index (χ4n) is 3.05. The number of hydrogen-bond acceptors (Lipinski definition) is 3. The summed E-state index contributed by atoms with van der Waals surface area (Å²) in [6.07, 6.45) is 0. The van der Waals surface area contributed by atoms with Crippen LogP contribution in [0.3, 0.4) is 0 Å². The van der Waals surface area contributed by atoms with Gasteiger partial charge in [0.05, 0.1) is 5.69 Å². The molecule has 0 unspecified atom stereocenters. The number of benzene rings is 3. The maximum absolute atomic E-state index is 4.87. The molecule has 0 aromatic heterocycles. The van der Waals surface area contributed by atoms with Gasteiger partial charge in [-0.2, -0.15) is 0 Å². The summed E-state index contributed by atoms with van der Waals surface area (Å²) in [5.41, 5.74) is 4.32. The molecule has 0 atom stereocenters. The van der Waals surface area contributed by atoms with Crippen LogP contribution in [0.2, 0.25) is 0 Å². The first kappa shape index (κ1) is 13.8. The third-order valence-electron chi connectivity index (χ3n) is 3.99. The van der Waals surface area contributed by atoms with Gasteiger partial charge in [-0.05, 0) is 43.5 Å². The van der Waals surface area contributed by atoms with E-state index in [4.69, 9.17) is 4.99 Å². The third kappa shape index (κ3) is 2.44. The van der Waals surface area contributed by atoms with E-state index in [0.717, 1.165) is 28.5 Å². The molecule has 0 saturated heterocycles. The Hall–Kier alpha value is -2.81. The number of anilines is 2. The van der Waals surface area contributed by atoms with Gasteiger partial charge in [0.15, 0.2) is 0 Å². The highest BCUT2D eigenvalue weighted by atomic mass is 15.0. The number of para-hydroxylation sites is 1. The molecule has 0 amide bonds. The Labute approximate surface area is 136 Å². The van der Waals surface area contributed by atoms with E-state index in [0.29, 0.717) is 6.04 Å². The zero-order chi connectivity index (χ0) is 15.8. The van der Waals surface area contributed by atoms with Crippen molar-refractivity contribution in [2.24, 2.45) is 4.99 Å². The SMILES string of the molecule is CC(C)Nc1ccccc1C1=Nc2cccc3cccc(c23)N1. The van der Waals surface area contributed by atoms with Gasteiger partial charge in [-0.15, -0.1) is 0 Å². The molecule has 114 valence electrons. The number of amidine groups is 1. The Kier molecular flexibility index (Phi) is 3.27. The molecule has 1 heterocycles. The first-order valence-electron chi connectivity index (χ1n) is 7.96. The van der Waals surface area contributed by atoms with Crippen LogP contribution in [0.4, 0.5) is 17.1 Å². The van der Waals surface area contributed by atoms with Crippen molar-refractivity contribution in [2.75, 3.05) is 10.6 Å². The van der Waals surface area contributed by atoms with E-state index in [2.05, 4.69) is 73.0 Å². The lowest BCUT2D eigenvalue weighted by molar-refractivity contribution is 0.899. The largest absolute Gasteiger partial charge is 0.382 e. The lowest BCUT2D eigenvalue weighted by atomic mass is 10.0. The molecule has 3 aromatic carbocycles. The minimum absolute atomic E-state index is 0.371. The van der Waals surface area contributed by atoms with Crippen molar-refractivity contribution < 1.29 is 0 Å². The number of nitrogens with one attached hydrogen (secondary N) is 2. The summed E-state index contributed by atoms with van der Waals surface area (Å²) < 4.78 is 0. The van der Waals surface area contributed by atoms with E-state index in [1.54, 1.807) is 0 Å². The topological polar surface area (TPSA) is 36.4 Å². The van der Waals surface area contributed by atoms with Crippen molar-refractivity contribution in [3.05, 3.63) is 66.2 Å². The average Bonchev–Trinajstić information content (AvgIpc) is 2.55. The van der Waals surface area contributed by atoms with Gasteiger partial charge in [0.2, 0.25) is 0 Å². The molecule has 23 heavy (non-hydrogen) atoms. The van der Waals surface area contributed by atoms with Gasteiger partial charge in [0.25, 0.3) is 0 Å². The molecule has 3 nitrogen and oxygen atoms in total. The van der Waals surface area contributed by atoms with E-state index >= 15 is 0 Å². The Morgan fingerprint density at radius 3 is 2.52 bits per heavy atom. The standard InChI is InChI=1S/C20H19N3/c1-13(2)21-16-10-4-3-9-15(16)20-22-17-11-5-7-14-8-6-12-18(23-20)19(14)17/h3-13,21H,1-2H3,(H,22,23). The van der Waals surface area contributed by atoms with Crippen LogP contribution in [0.25, 0.3) is 10.8 Å². The highest BCUT2D eigenvalue weighted by Crippen LogP contribution is 2.37. The summed E-state index contributed by atoms with van der Waals surface area (Å²) in [5, 5.41) is 9.40. The molecule has 3 heteroatoms. The molecule has 1 aliphatic heterocycles. The molecule has 1 aliphatic rings. The van der Waals surface area contributed by atoms with Gasteiger partial charge in [-0.1, -0.05) is 36.4 Å². The first-order valence-corrected chi connectivity index (χ1v) is 7.96. The monoisotopic (exact) mass is 301 g/mol. The summed E-state index contributed by atoms with van der Waals surface area (Å²) >= 11 is 0. The van der Waals surface area contributed by atoms with E-state index in [-0.39, 0.29) is 0 Å². The Bertz CT molecular complexity index is 904. The molecule has 0 saturated carbocycles. The molecule has 4 rings (SSSR count). The first-order chi connectivity index (χ1) is 11.2. The molecular formula is C20H19N3. The van der Waals surface area contributed by atoms with Crippen molar-refractivity contribution >= 4 is 33.7 Å². The van der Waals surface area contributed by atoms with Crippen molar-refractivity contribution in [1.82, 2.24) is 0 Å². The van der Waals surface area contributed by atoms with Crippen molar-refractivity contribution in [1.29, 1.82) is 0 Å². The summed E-state index contributed by atoms with van der Waals surface area (Å²) in [6, 6.07) is 21.2. The Balaban J connectivity index is 1.86. The molecule has 3 aromatic rings. The van der Waals surface area contributed by atoms with Gasteiger partial charge in [-0.25, -0.2) is 4.99 Å². The van der Waals surface area contributed by atoms with Gasteiger partial charge < -0.3 is 10.6 Å². The number of nitrogens with zero attached hydrogens (tertiary/aromatic N) is 1. The third-order valence-corrected chi connectivity index (χ3v) is 3.99. The van der Waals surface area contributed by atoms with E-state index in [1.807, 2.05) is 12.1 Å². The Morgan fingerprint density at radius 1 is 0.913 bits per heavy atom. The predicted octanol–water partition coefficient (Wildman–Crippen LogP) is 5.16. The molecular weight excluding hydrogens is 282 g/mol. The maximum Gasteiger partial charge on any atom is 0.140 e. The van der Waals surface area contributed by atoms with Crippen LogP contribution >= 0.6 is 0 Å². The van der Waals surface area contributed by atoms with Crippen LogP contribution in [-0.4, -0.2) is 11.9 Å². The lowest BCUT2D eigenvalue weighted by Gasteiger charge is -2.21. The molecule has 0 aliphatic carbocycles. The van der Waals surface area contributed by atoms with E-state index < -0.39 is 0 Å². The Morgan fingerprint density at radius 2 is 1.70 bits per heavy atom. The van der Waals surface area contributed by atoms with Crippen molar-refractivity contribution in [3.63, 3.8) is 0 Å². The molecule has 0 spiro atoms. The number of rotatable bonds is 3. The van der Waals surface area contributed by atoms with E-state index in [9.17, 15) is 0 Å². The summed E-state index contributed by atoms with van der Waals surface area (Å²) in [5.74, 6) is 0.889. The second-order valence-corrected chi connectivity index (χ2v) is 6.11. The van der Waals surface area contributed by atoms with Crippen LogP contribution in [0.5, 0.6) is 0 Å². The zero-order valence-corrected chi connectivity index (χ0v) is 13.3. The van der Waals surface area contributed by atoms with Crippen LogP contribution < -0.4 is 10.6 Å². The highest BCUT2D eigenvalue weighted by molar-refractivity contribution is 6.20. The van der Waals surface area contributed by atoms with Crippen molar-refractivity contribution in [3.8, 4) is 0 Å². The fourth-order valence-corrected chi connectivity index (χ4v) is 3.05. The maximum atomic E-state index is 4.87. The zero-order valence-electron chi connectivity index (χ0n) is 13.3. The lowest BCUT2D eigenvalue weighted by Crippen LogP contribution is -2.20. The van der Waals surface area contributed by atoms with Crippen LogP contribution in [-0.2, 0) is 0 Å². The van der Waals surface area contributed by atoms with Crippen molar-refractivity contribution in [2.45, 2.75) is 19.9 Å². The van der Waals surface area contributed by atoms with E-state index in [1.165, 1.54) is 10.8 Å². The normalized spacial score (nSPS) is 12.9. The number of hydrogen-bond donors (Lipinski definition) is 2. The summed E-state index contributed by atoms with van der Waals surface area (Å²) in [6.45, 7) is 4.28. The molecule has 0 bridgehead atoms. The minimum Gasteiger partial charge on any atom is -0.382 e. The highest BCUT2D eigenvalue weighted by Gasteiger charge is 2.17. The second kappa shape index (κ2) is 5.43. The number of aliphatic imine (C=N–C) groups is 1. The molecule has 0 radical (unpaired) electrons. The second-order valence-electron chi connectivity index (χ2n) is 6.11. The average molecular weight is 301 g/mol.